The van der Waals surface area contributed by atoms with Gasteiger partial charge in [-0.15, -0.1) is 0 Å². The average molecular weight is 477 g/mol. The van der Waals surface area contributed by atoms with Gasteiger partial charge < -0.3 is 10.6 Å². The summed E-state index contributed by atoms with van der Waals surface area (Å²) >= 11 is 0. The molecule has 0 bridgehead atoms. The van der Waals surface area contributed by atoms with Crippen LogP contribution in [0.1, 0.15) is 43.6 Å². The third kappa shape index (κ3) is 5.22. The van der Waals surface area contributed by atoms with Gasteiger partial charge in [-0.05, 0) is 54.3 Å². The van der Waals surface area contributed by atoms with Gasteiger partial charge in [0.05, 0.1) is 16.1 Å². The number of sulfonamides is 1. The number of nitrogens with zero attached hydrogens (tertiary/aromatic N) is 3. The number of hydrogen-bond donors (Lipinski definition) is 3. The van der Waals surface area contributed by atoms with E-state index in [1.807, 2.05) is 18.2 Å². The average Bonchev–Trinajstić information content (AvgIpc) is 2.84. The molecule has 174 valence electrons. The molecule has 34 heavy (non-hydrogen) atoms. The Balaban J connectivity index is 1.48. The van der Waals surface area contributed by atoms with E-state index in [1.165, 1.54) is 12.1 Å². The maximum Gasteiger partial charge on any atom is 0.319 e. The third-order valence-corrected chi connectivity index (χ3v) is 6.89. The van der Waals surface area contributed by atoms with Crippen molar-refractivity contribution in [1.29, 1.82) is 5.26 Å². The molecule has 2 amide bonds. The predicted octanol–water partition coefficient (Wildman–Crippen LogP) is 3.64. The van der Waals surface area contributed by atoms with E-state index in [-0.39, 0.29) is 16.8 Å². The second kappa shape index (κ2) is 9.59. The van der Waals surface area contributed by atoms with Gasteiger partial charge >= 0.3 is 6.03 Å². The number of benzene rings is 2. The third-order valence-electron chi connectivity index (χ3n) is 5.96. The number of carbonyl (C=O) groups is 1. The van der Waals surface area contributed by atoms with Crippen molar-refractivity contribution in [3.8, 4) is 17.2 Å². The number of amides is 2. The van der Waals surface area contributed by atoms with Crippen LogP contribution < -0.4 is 15.8 Å². The van der Waals surface area contributed by atoms with Gasteiger partial charge in [-0.3, -0.25) is 0 Å². The minimum Gasteiger partial charge on any atom is -0.327 e. The van der Waals surface area contributed by atoms with Crippen LogP contribution in [0.2, 0.25) is 0 Å². The molecule has 0 aliphatic heterocycles. The van der Waals surface area contributed by atoms with E-state index >= 15 is 0 Å². The Morgan fingerprint density at radius 1 is 0.971 bits per heavy atom. The fourth-order valence-electron chi connectivity index (χ4n) is 4.24. The molecule has 4 rings (SSSR count). The zero-order valence-electron chi connectivity index (χ0n) is 18.4. The molecule has 1 aliphatic carbocycles. The van der Waals surface area contributed by atoms with Crippen LogP contribution in [0.3, 0.4) is 0 Å². The van der Waals surface area contributed by atoms with Crippen LogP contribution in [0.4, 0.5) is 10.5 Å². The summed E-state index contributed by atoms with van der Waals surface area (Å²) in [6.07, 6.45) is 5.99. The fourth-order valence-corrected chi connectivity index (χ4v) is 4.76. The minimum atomic E-state index is -3.74. The SMILES string of the molecule is N#Cc1nccc(C2(NC(=O)Nc3ccc(-c4ccc(S(N)(=O)=O)cc4)cc3)CCCCC2)n1. The molecule has 1 fully saturated rings. The molecule has 0 spiro atoms. The molecule has 0 atom stereocenters. The van der Waals surface area contributed by atoms with E-state index in [0.717, 1.165) is 43.2 Å². The molecule has 2 aromatic carbocycles. The Morgan fingerprint density at radius 2 is 1.59 bits per heavy atom. The lowest BCUT2D eigenvalue weighted by molar-refractivity contribution is 0.209. The van der Waals surface area contributed by atoms with Gasteiger partial charge in [0.2, 0.25) is 15.8 Å². The van der Waals surface area contributed by atoms with Crippen LogP contribution >= 0.6 is 0 Å². The van der Waals surface area contributed by atoms with Crippen LogP contribution in [0.5, 0.6) is 0 Å². The van der Waals surface area contributed by atoms with Crippen molar-refractivity contribution in [2.24, 2.45) is 5.14 Å². The fraction of sp³-hybridized carbons (Fsp3) is 0.250. The first kappa shape index (κ1) is 23.4. The highest BCUT2D eigenvalue weighted by molar-refractivity contribution is 7.89. The Hall–Kier alpha value is -3.81. The van der Waals surface area contributed by atoms with Crippen LogP contribution in [-0.4, -0.2) is 24.4 Å². The highest BCUT2D eigenvalue weighted by Crippen LogP contribution is 2.36. The second-order valence-corrected chi connectivity index (χ2v) is 9.81. The van der Waals surface area contributed by atoms with Gasteiger partial charge in [0.15, 0.2) is 0 Å². The van der Waals surface area contributed by atoms with Crippen LogP contribution in [0.25, 0.3) is 11.1 Å². The first-order valence-electron chi connectivity index (χ1n) is 10.9. The van der Waals surface area contributed by atoms with Crippen LogP contribution in [0, 0.1) is 11.3 Å². The topological polar surface area (TPSA) is 151 Å². The van der Waals surface area contributed by atoms with Crippen molar-refractivity contribution in [2.45, 2.75) is 42.5 Å². The number of nitrogens with two attached hydrogens (primary N) is 1. The standard InChI is InChI=1S/C24H24N6O3S/c25-16-22-27-15-12-21(29-22)24(13-2-1-3-14-24)30-23(31)28-19-8-4-17(5-9-19)18-6-10-20(11-7-18)34(26,32)33/h4-12,15H,1-3,13-14H2,(H2,26,32,33)(H2,28,30,31). The first-order chi connectivity index (χ1) is 16.3. The zero-order chi connectivity index (χ0) is 24.2. The van der Waals surface area contributed by atoms with E-state index in [9.17, 15) is 13.2 Å². The number of aromatic nitrogens is 2. The Kier molecular flexibility index (Phi) is 6.58. The quantitative estimate of drug-likeness (QED) is 0.511. The van der Waals surface area contributed by atoms with Gasteiger partial charge in [0.1, 0.15) is 6.07 Å². The van der Waals surface area contributed by atoms with Gasteiger partial charge in [-0.1, -0.05) is 43.5 Å². The molecule has 1 aromatic heterocycles. The van der Waals surface area contributed by atoms with Gasteiger partial charge in [0, 0.05) is 11.9 Å². The highest BCUT2D eigenvalue weighted by atomic mass is 32.2. The molecule has 3 aromatic rings. The molecule has 1 saturated carbocycles. The minimum absolute atomic E-state index is 0.0495. The first-order valence-corrected chi connectivity index (χ1v) is 12.4. The summed E-state index contributed by atoms with van der Waals surface area (Å²) in [5.41, 5.74) is 2.28. The summed E-state index contributed by atoms with van der Waals surface area (Å²) in [5, 5.41) is 20.3. The van der Waals surface area contributed by atoms with Crippen LogP contribution in [-0.2, 0) is 15.6 Å². The van der Waals surface area contributed by atoms with Crippen molar-refractivity contribution in [2.75, 3.05) is 5.32 Å². The summed E-state index contributed by atoms with van der Waals surface area (Å²) in [4.78, 5) is 21.2. The second-order valence-electron chi connectivity index (χ2n) is 8.25. The molecular formula is C24H24N6O3S. The number of anilines is 1. The van der Waals surface area contributed by atoms with Gasteiger partial charge in [0.25, 0.3) is 0 Å². The molecule has 0 radical (unpaired) electrons. The van der Waals surface area contributed by atoms with E-state index in [2.05, 4.69) is 20.6 Å². The largest absolute Gasteiger partial charge is 0.327 e. The van der Waals surface area contributed by atoms with Crippen molar-refractivity contribution >= 4 is 21.7 Å². The lowest BCUT2D eigenvalue weighted by Crippen LogP contribution is -2.49. The molecule has 1 heterocycles. The molecule has 1 aliphatic rings. The van der Waals surface area contributed by atoms with E-state index in [4.69, 9.17) is 10.4 Å². The maximum atomic E-state index is 12.9. The smallest absolute Gasteiger partial charge is 0.319 e. The van der Waals surface area contributed by atoms with Crippen molar-refractivity contribution in [3.05, 3.63) is 72.3 Å². The maximum absolute atomic E-state index is 12.9. The van der Waals surface area contributed by atoms with Crippen molar-refractivity contribution in [1.82, 2.24) is 15.3 Å². The van der Waals surface area contributed by atoms with E-state index in [1.54, 1.807) is 36.5 Å². The Morgan fingerprint density at radius 3 is 2.18 bits per heavy atom. The van der Waals surface area contributed by atoms with E-state index < -0.39 is 15.6 Å². The van der Waals surface area contributed by atoms with Gasteiger partial charge in [-0.2, -0.15) is 5.26 Å². The summed E-state index contributed by atoms with van der Waals surface area (Å²) in [6, 6.07) is 16.8. The number of nitrogens with one attached hydrogen (secondary N) is 2. The number of carbonyl (C=O) groups excluding carboxylic acids is 1. The van der Waals surface area contributed by atoms with Gasteiger partial charge in [-0.25, -0.2) is 28.3 Å². The number of hydrogen-bond acceptors (Lipinski definition) is 6. The summed E-state index contributed by atoms with van der Waals surface area (Å²) < 4.78 is 22.9. The molecule has 4 N–H and O–H groups in total. The molecule has 10 heteroatoms. The normalized spacial score (nSPS) is 15.2. The molecule has 0 unspecified atom stereocenters. The number of primary sulfonamides is 1. The Labute approximate surface area is 198 Å². The Bertz CT molecular complexity index is 1330. The lowest BCUT2D eigenvalue weighted by atomic mass is 9.79. The number of rotatable bonds is 5. The lowest BCUT2D eigenvalue weighted by Gasteiger charge is -2.37. The summed E-state index contributed by atoms with van der Waals surface area (Å²) in [6.45, 7) is 0. The number of nitriles is 1. The monoisotopic (exact) mass is 476 g/mol. The van der Waals surface area contributed by atoms with Crippen molar-refractivity contribution < 1.29 is 13.2 Å². The van der Waals surface area contributed by atoms with Crippen molar-refractivity contribution in [3.63, 3.8) is 0 Å². The molecule has 9 nitrogen and oxygen atoms in total. The number of urea groups is 1. The highest BCUT2D eigenvalue weighted by Gasteiger charge is 2.37. The molecule has 0 saturated heterocycles. The van der Waals surface area contributed by atoms with Crippen LogP contribution in [0.15, 0.2) is 65.7 Å². The van der Waals surface area contributed by atoms with E-state index in [0.29, 0.717) is 11.4 Å². The molecular weight excluding hydrogens is 452 g/mol. The summed E-state index contributed by atoms with van der Waals surface area (Å²) in [7, 11) is -3.74. The summed E-state index contributed by atoms with van der Waals surface area (Å²) in [5.74, 6) is 0.0809. The zero-order valence-corrected chi connectivity index (χ0v) is 19.2. The predicted molar refractivity (Wildman–Crippen MR) is 127 cm³/mol.